The van der Waals surface area contributed by atoms with E-state index in [-0.39, 0.29) is 39.6 Å². The summed E-state index contributed by atoms with van der Waals surface area (Å²) in [6.45, 7) is -3.30. The Hall–Kier alpha value is -0.660. The molecule has 0 fully saturated rings. The predicted molar refractivity (Wildman–Crippen MR) is 85.8 cm³/mol. The maximum atomic E-state index is 11.9. The van der Waals surface area contributed by atoms with Gasteiger partial charge in [-0.05, 0) is 12.8 Å². The zero-order valence-electron chi connectivity index (χ0n) is 15.4. The molecule has 0 rings (SSSR count). The Bertz CT molecular complexity index is 333. The largest absolute Gasteiger partial charge is 0.411 e. The molecule has 0 aliphatic heterocycles. The zero-order valence-corrected chi connectivity index (χ0v) is 15.4. The molecule has 0 spiro atoms. The van der Waals surface area contributed by atoms with E-state index in [0.29, 0.717) is 26.1 Å². The molecule has 0 aliphatic rings. The summed E-state index contributed by atoms with van der Waals surface area (Å²) in [5.74, 6) is -1.11. The van der Waals surface area contributed by atoms with Crippen molar-refractivity contribution in [1.82, 2.24) is 0 Å². The second-order valence-corrected chi connectivity index (χ2v) is 6.21. The molecular formula is C16H28F6O6. The van der Waals surface area contributed by atoms with Gasteiger partial charge in [0.15, 0.2) is 0 Å². The molecule has 6 nitrogen and oxygen atoms in total. The molecule has 2 unspecified atom stereocenters. The first kappa shape index (κ1) is 27.3. The zero-order chi connectivity index (χ0) is 21.5. The molecule has 0 amide bonds. The highest BCUT2D eigenvalue weighted by Crippen LogP contribution is 2.16. The van der Waals surface area contributed by atoms with Crippen LogP contribution in [0.3, 0.4) is 0 Å². The van der Waals surface area contributed by atoms with Gasteiger partial charge in [0, 0.05) is 25.0 Å². The van der Waals surface area contributed by atoms with E-state index in [0.717, 1.165) is 0 Å². The first-order valence-electron chi connectivity index (χ1n) is 8.73. The molecule has 0 saturated carbocycles. The van der Waals surface area contributed by atoms with Gasteiger partial charge in [-0.2, -0.15) is 26.3 Å². The third kappa shape index (κ3) is 18.7. The van der Waals surface area contributed by atoms with Crippen LogP contribution in [0.4, 0.5) is 26.3 Å². The minimum absolute atomic E-state index is 0.0539. The Morgan fingerprint density at radius 1 is 0.571 bits per heavy atom. The lowest BCUT2D eigenvalue weighted by molar-refractivity contribution is -0.179. The fraction of sp³-hybridized carbons (Fsp3) is 1.00. The molecule has 0 radical (unpaired) electrons. The molecule has 2 atom stereocenters. The summed E-state index contributed by atoms with van der Waals surface area (Å²) in [5.41, 5.74) is 0. The maximum absolute atomic E-state index is 11.9. The van der Waals surface area contributed by atoms with Gasteiger partial charge in [-0.15, -0.1) is 0 Å². The molecule has 28 heavy (non-hydrogen) atoms. The molecular weight excluding hydrogens is 402 g/mol. The summed E-state index contributed by atoms with van der Waals surface area (Å²) in [5, 5.41) is 18.1. The van der Waals surface area contributed by atoms with Crippen LogP contribution < -0.4 is 0 Å². The molecule has 0 aromatic carbocycles. The number of hydrogen-bond donors (Lipinski definition) is 2. The van der Waals surface area contributed by atoms with Crippen molar-refractivity contribution in [1.29, 1.82) is 0 Å². The van der Waals surface area contributed by atoms with Crippen LogP contribution in [0.2, 0.25) is 0 Å². The Kier molecular flexibility index (Phi) is 14.9. The second-order valence-electron chi connectivity index (χ2n) is 6.21. The van der Waals surface area contributed by atoms with Crippen LogP contribution in [-0.2, 0) is 18.9 Å². The third-order valence-corrected chi connectivity index (χ3v) is 3.29. The lowest BCUT2D eigenvalue weighted by Gasteiger charge is -2.16. The second kappa shape index (κ2) is 15.2. The van der Waals surface area contributed by atoms with E-state index in [4.69, 9.17) is 19.7 Å². The normalized spacial score (nSPS) is 15.0. The summed E-state index contributed by atoms with van der Waals surface area (Å²) in [6, 6.07) is 0. The number of aliphatic hydroxyl groups excluding tert-OH is 2. The van der Waals surface area contributed by atoms with Crippen molar-refractivity contribution < 1.29 is 55.5 Å². The van der Waals surface area contributed by atoms with Gasteiger partial charge in [0.1, 0.15) is 13.2 Å². The Morgan fingerprint density at radius 2 is 0.893 bits per heavy atom. The number of unbranched alkanes of at least 4 members (excludes halogenated alkanes) is 1. The van der Waals surface area contributed by atoms with Crippen molar-refractivity contribution in [2.75, 3.05) is 66.1 Å². The Morgan fingerprint density at radius 3 is 1.18 bits per heavy atom. The highest BCUT2D eigenvalue weighted by Gasteiger charge is 2.28. The smallest absolute Gasteiger partial charge is 0.396 e. The van der Waals surface area contributed by atoms with E-state index in [9.17, 15) is 26.3 Å². The SMILES string of the molecule is OCC(COCCCCOCC(CO)COCC(F)(F)F)COCC(F)(F)F. The average molecular weight is 430 g/mol. The molecule has 0 saturated heterocycles. The number of halogens is 6. The van der Waals surface area contributed by atoms with Crippen molar-refractivity contribution in [2.24, 2.45) is 11.8 Å². The Labute approximate surface area is 159 Å². The van der Waals surface area contributed by atoms with E-state index in [2.05, 4.69) is 9.47 Å². The molecule has 170 valence electrons. The molecule has 0 bridgehead atoms. The van der Waals surface area contributed by atoms with Gasteiger partial charge in [-0.25, -0.2) is 0 Å². The van der Waals surface area contributed by atoms with Gasteiger partial charge < -0.3 is 29.2 Å². The van der Waals surface area contributed by atoms with Gasteiger partial charge in [0.2, 0.25) is 0 Å². The standard InChI is InChI=1S/C16H28F6O6/c17-15(18,19)11-27-9-13(5-23)7-25-3-1-2-4-26-8-14(6-24)10-28-12-16(20,21)22/h13-14,23-24H,1-12H2. The van der Waals surface area contributed by atoms with Crippen LogP contribution in [0.25, 0.3) is 0 Å². The third-order valence-electron chi connectivity index (χ3n) is 3.29. The van der Waals surface area contributed by atoms with Gasteiger partial charge in [-0.3, -0.25) is 0 Å². The van der Waals surface area contributed by atoms with Gasteiger partial charge in [0.25, 0.3) is 0 Å². The lowest BCUT2D eigenvalue weighted by atomic mass is 10.2. The number of ether oxygens (including phenoxy) is 4. The van der Waals surface area contributed by atoms with Gasteiger partial charge in [-0.1, -0.05) is 0 Å². The topological polar surface area (TPSA) is 77.4 Å². The molecule has 0 aromatic rings. The van der Waals surface area contributed by atoms with Crippen LogP contribution >= 0.6 is 0 Å². The van der Waals surface area contributed by atoms with E-state index in [1.165, 1.54) is 0 Å². The molecule has 12 heteroatoms. The van der Waals surface area contributed by atoms with Crippen LogP contribution in [0, 0.1) is 11.8 Å². The van der Waals surface area contributed by atoms with Crippen molar-refractivity contribution in [3.8, 4) is 0 Å². The minimum atomic E-state index is -4.42. The van der Waals surface area contributed by atoms with Crippen LogP contribution in [0.5, 0.6) is 0 Å². The Balaban J connectivity index is 3.61. The average Bonchev–Trinajstić information content (AvgIpc) is 2.58. The van der Waals surface area contributed by atoms with Crippen LogP contribution in [-0.4, -0.2) is 88.6 Å². The predicted octanol–water partition coefficient (Wildman–Crippen LogP) is 2.17. The van der Waals surface area contributed by atoms with E-state index >= 15 is 0 Å². The highest BCUT2D eigenvalue weighted by molar-refractivity contribution is 4.58. The lowest BCUT2D eigenvalue weighted by Crippen LogP contribution is -2.25. The van der Waals surface area contributed by atoms with E-state index in [1.807, 2.05) is 0 Å². The quantitative estimate of drug-likeness (QED) is 0.272. The van der Waals surface area contributed by atoms with E-state index in [1.54, 1.807) is 0 Å². The van der Waals surface area contributed by atoms with Crippen molar-refractivity contribution in [2.45, 2.75) is 25.2 Å². The number of hydrogen-bond acceptors (Lipinski definition) is 6. The first-order chi connectivity index (χ1) is 13.1. The summed E-state index contributed by atoms with van der Waals surface area (Å²) in [6.07, 6.45) is -7.67. The van der Waals surface area contributed by atoms with Crippen molar-refractivity contribution in [3.63, 3.8) is 0 Å². The molecule has 0 heterocycles. The van der Waals surface area contributed by atoms with Crippen molar-refractivity contribution >= 4 is 0 Å². The highest BCUT2D eigenvalue weighted by atomic mass is 19.4. The summed E-state index contributed by atoms with van der Waals surface area (Å²) in [4.78, 5) is 0. The number of rotatable bonds is 17. The minimum Gasteiger partial charge on any atom is -0.396 e. The monoisotopic (exact) mass is 430 g/mol. The summed E-state index contributed by atoms with van der Waals surface area (Å²) in [7, 11) is 0. The first-order valence-corrected chi connectivity index (χ1v) is 8.73. The van der Waals surface area contributed by atoms with Gasteiger partial charge >= 0.3 is 12.4 Å². The summed E-state index contributed by atoms with van der Waals surface area (Å²) >= 11 is 0. The molecule has 0 aromatic heterocycles. The fourth-order valence-corrected chi connectivity index (χ4v) is 1.90. The number of aliphatic hydroxyl groups is 2. The summed E-state index contributed by atoms with van der Waals surface area (Å²) < 4.78 is 91.1. The molecule has 0 aliphatic carbocycles. The fourth-order valence-electron chi connectivity index (χ4n) is 1.90. The number of alkyl halides is 6. The van der Waals surface area contributed by atoms with Crippen LogP contribution in [0.1, 0.15) is 12.8 Å². The van der Waals surface area contributed by atoms with E-state index < -0.39 is 37.4 Å². The van der Waals surface area contributed by atoms with Crippen molar-refractivity contribution in [3.05, 3.63) is 0 Å². The maximum Gasteiger partial charge on any atom is 0.411 e. The molecule has 2 N–H and O–H groups in total. The van der Waals surface area contributed by atoms with Gasteiger partial charge in [0.05, 0.1) is 39.6 Å². The van der Waals surface area contributed by atoms with Crippen LogP contribution in [0.15, 0.2) is 0 Å².